The molecule has 0 amide bonds. The molecule has 0 spiro atoms. The number of aromatic nitrogens is 4. The van der Waals surface area contributed by atoms with Gasteiger partial charge in [0, 0.05) is 60.6 Å². The molecule has 2 aromatic rings. The minimum atomic E-state index is 0. The average molecular weight is 540 g/mol. The SMILES string of the molecule is Cc1[nH]cnc1CSCCNC(=N)NCCCNC(=N)NCCSCc1nc[nH]c1C.Cl.Cl. The van der Waals surface area contributed by atoms with E-state index in [1.807, 2.05) is 13.8 Å². The highest BCUT2D eigenvalue weighted by atomic mass is 35.5. The highest BCUT2D eigenvalue weighted by Gasteiger charge is 2.02. The van der Waals surface area contributed by atoms with Gasteiger partial charge in [0.25, 0.3) is 0 Å². The van der Waals surface area contributed by atoms with E-state index < -0.39 is 0 Å². The number of hydrogen-bond acceptors (Lipinski definition) is 6. The topological polar surface area (TPSA) is 153 Å². The monoisotopic (exact) mass is 538 g/mol. The Bertz CT molecular complexity index is 735. The van der Waals surface area contributed by atoms with E-state index in [2.05, 4.69) is 41.2 Å². The zero-order chi connectivity index (χ0) is 22.3. The number of thioether (sulfide) groups is 2. The minimum Gasteiger partial charge on any atom is -0.357 e. The molecule has 0 saturated carbocycles. The van der Waals surface area contributed by atoms with Crippen molar-refractivity contribution in [2.45, 2.75) is 31.8 Å². The molecule has 2 heterocycles. The van der Waals surface area contributed by atoms with Gasteiger partial charge in [-0.1, -0.05) is 0 Å². The van der Waals surface area contributed by atoms with E-state index >= 15 is 0 Å². The maximum absolute atomic E-state index is 7.88. The van der Waals surface area contributed by atoms with Crippen molar-refractivity contribution in [1.82, 2.24) is 41.2 Å². The van der Waals surface area contributed by atoms with E-state index in [4.69, 9.17) is 10.8 Å². The first-order chi connectivity index (χ1) is 15.1. The number of H-pyrrole nitrogens is 2. The van der Waals surface area contributed by atoms with E-state index in [1.54, 1.807) is 36.2 Å². The quantitative estimate of drug-likeness (QED) is 0.103. The van der Waals surface area contributed by atoms with Gasteiger partial charge in [-0.3, -0.25) is 10.8 Å². The number of nitrogens with one attached hydrogen (secondary N) is 8. The molecule has 14 heteroatoms. The van der Waals surface area contributed by atoms with Crippen molar-refractivity contribution >= 4 is 60.3 Å². The summed E-state index contributed by atoms with van der Waals surface area (Å²) in [6.07, 6.45) is 4.27. The van der Waals surface area contributed by atoms with Crippen LogP contribution in [0.3, 0.4) is 0 Å². The van der Waals surface area contributed by atoms with Crippen LogP contribution < -0.4 is 21.3 Å². The predicted octanol–water partition coefficient (Wildman–Crippen LogP) is 2.38. The molecule has 33 heavy (non-hydrogen) atoms. The maximum Gasteiger partial charge on any atom is 0.188 e. The van der Waals surface area contributed by atoms with E-state index in [-0.39, 0.29) is 24.8 Å². The molecule has 0 atom stereocenters. The molecular formula is C19H36Cl2N10S2. The fourth-order valence-corrected chi connectivity index (χ4v) is 4.29. The van der Waals surface area contributed by atoms with E-state index in [1.165, 1.54) is 0 Å². The standard InChI is InChI=1S/C19H34N10S2.2ClH/c1-14-16(28-12-26-14)10-30-8-6-24-18(20)22-4-3-5-23-19(21)25-7-9-31-11-17-15(2)27-13-29-17;;/h12-13H,3-11H2,1-2H3,(H,26,28)(H,27,29)(H3,20,22,24)(H3,21,23,25);2*1H. The molecule has 0 aliphatic rings. The summed E-state index contributed by atoms with van der Waals surface area (Å²) in [5.74, 6) is 4.28. The number of imidazole rings is 2. The summed E-state index contributed by atoms with van der Waals surface area (Å²) >= 11 is 3.59. The van der Waals surface area contributed by atoms with Gasteiger partial charge in [-0.2, -0.15) is 23.5 Å². The van der Waals surface area contributed by atoms with Gasteiger partial charge in [0.15, 0.2) is 11.9 Å². The number of nitrogens with zero attached hydrogens (tertiary/aromatic N) is 2. The van der Waals surface area contributed by atoms with Crippen molar-refractivity contribution in [3.63, 3.8) is 0 Å². The fourth-order valence-electron chi connectivity index (χ4n) is 2.54. The number of hydrogen-bond donors (Lipinski definition) is 8. The molecular weight excluding hydrogens is 503 g/mol. The third-order valence-electron chi connectivity index (χ3n) is 4.40. The first-order valence-electron chi connectivity index (χ1n) is 10.3. The number of guanidine groups is 2. The van der Waals surface area contributed by atoms with Crippen LogP contribution in [0.25, 0.3) is 0 Å². The van der Waals surface area contributed by atoms with Crippen LogP contribution in [0.5, 0.6) is 0 Å². The molecule has 188 valence electrons. The largest absolute Gasteiger partial charge is 0.357 e. The lowest BCUT2D eigenvalue weighted by atomic mass is 10.4. The van der Waals surface area contributed by atoms with Crippen LogP contribution in [0.4, 0.5) is 0 Å². The first-order valence-corrected chi connectivity index (χ1v) is 12.6. The molecule has 0 aliphatic heterocycles. The molecule has 0 saturated heterocycles. The van der Waals surface area contributed by atoms with Crippen molar-refractivity contribution in [3.05, 3.63) is 35.4 Å². The summed E-state index contributed by atoms with van der Waals surface area (Å²) < 4.78 is 0. The van der Waals surface area contributed by atoms with Gasteiger partial charge in [-0.15, -0.1) is 24.8 Å². The molecule has 0 unspecified atom stereocenters. The van der Waals surface area contributed by atoms with Crippen molar-refractivity contribution in [2.24, 2.45) is 0 Å². The van der Waals surface area contributed by atoms with Gasteiger partial charge in [-0.05, 0) is 20.3 Å². The fraction of sp³-hybridized carbons (Fsp3) is 0.579. The molecule has 0 fully saturated rings. The van der Waals surface area contributed by atoms with Crippen LogP contribution in [0.15, 0.2) is 12.7 Å². The Morgan fingerprint density at radius 1 is 0.758 bits per heavy atom. The van der Waals surface area contributed by atoms with Crippen molar-refractivity contribution in [2.75, 3.05) is 37.7 Å². The Morgan fingerprint density at radius 3 is 1.52 bits per heavy atom. The lowest BCUT2D eigenvalue weighted by molar-refractivity contribution is 0.710. The Kier molecular flexibility index (Phi) is 17.6. The summed E-state index contributed by atoms with van der Waals surface area (Å²) in [5, 5.41) is 28.0. The van der Waals surface area contributed by atoms with Gasteiger partial charge < -0.3 is 31.2 Å². The van der Waals surface area contributed by atoms with Gasteiger partial charge in [0.1, 0.15) is 0 Å². The van der Waals surface area contributed by atoms with Gasteiger partial charge >= 0.3 is 0 Å². The van der Waals surface area contributed by atoms with Crippen LogP contribution in [-0.4, -0.2) is 69.5 Å². The summed E-state index contributed by atoms with van der Waals surface area (Å²) in [6, 6.07) is 0. The lowest BCUT2D eigenvalue weighted by Crippen LogP contribution is -2.40. The lowest BCUT2D eigenvalue weighted by Gasteiger charge is -2.12. The number of halogens is 2. The minimum absolute atomic E-state index is 0. The van der Waals surface area contributed by atoms with E-state index in [0.29, 0.717) is 25.0 Å². The Hall–Kier alpha value is -1.76. The maximum atomic E-state index is 7.88. The van der Waals surface area contributed by atoms with Crippen molar-refractivity contribution < 1.29 is 0 Å². The van der Waals surface area contributed by atoms with Crippen LogP contribution in [0.2, 0.25) is 0 Å². The van der Waals surface area contributed by atoms with Crippen LogP contribution in [-0.2, 0) is 11.5 Å². The predicted molar refractivity (Wildman–Crippen MR) is 146 cm³/mol. The van der Waals surface area contributed by atoms with Crippen LogP contribution in [0, 0.1) is 24.7 Å². The Balaban J connectivity index is 0.00000512. The Labute approximate surface area is 216 Å². The van der Waals surface area contributed by atoms with Gasteiger partial charge in [0.2, 0.25) is 0 Å². The molecule has 0 bridgehead atoms. The Morgan fingerprint density at radius 2 is 1.15 bits per heavy atom. The molecule has 0 aliphatic carbocycles. The smallest absolute Gasteiger partial charge is 0.188 e. The van der Waals surface area contributed by atoms with Gasteiger partial charge in [-0.25, -0.2) is 9.97 Å². The molecule has 0 aromatic carbocycles. The second kappa shape index (κ2) is 18.6. The highest BCUT2D eigenvalue weighted by Crippen LogP contribution is 2.12. The molecule has 2 aromatic heterocycles. The van der Waals surface area contributed by atoms with Crippen molar-refractivity contribution in [3.8, 4) is 0 Å². The molecule has 2 rings (SSSR count). The van der Waals surface area contributed by atoms with Crippen LogP contribution >= 0.6 is 48.3 Å². The van der Waals surface area contributed by atoms with E-state index in [0.717, 1.165) is 65.3 Å². The number of aryl methyl sites for hydroxylation is 2. The third kappa shape index (κ3) is 13.5. The number of aromatic amines is 2. The molecule has 10 nitrogen and oxygen atoms in total. The van der Waals surface area contributed by atoms with Gasteiger partial charge in [0.05, 0.1) is 24.0 Å². The summed E-state index contributed by atoms with van der Waals surface area (Å²) in [7, 11) is 0. The van der Waals surface area contributed by atoms with E-state index in [9.17, 15) is 0 Å². The molecule has 8 N–H and O–H groups in total. The van der Waals surface area contributed by atoms with Crippen LogP contribution in [0.1, 0.15) is 29.2 Å². The number of rotatable bonds is 14. The summed E-state index contributed by atoms with van der Waals surface area (Å²) in [5.41, 5.74) is 4.42. The molecule has 0 radical (unpaired) electrons. The highest BCUT2D eigenvalue weighted by molar-refractivity contribution is 7.98. The summed E-state index contributed by atoms with van der Waals surface area (Å²) in [4.78, 5) is 14.7. The second-order valence-corrected chi connectivity index (χ2v) is 9.07. The third-order valence-corrected chi connectivity index (χ3v) is 6.34. The summed E-state index contributed by atoms with van der Waals surface area (Å²) in [6.45, 7) is 6.90. The average Bonchev–Trinajstić information content (AvgIpc) is 3.35. The zero-order valence-corrected chi connectivity index (χ0v) is 22.3. The second-order valence-electron chi connectivity index (χ2n) is 6.86. The normalized spacial score (nSPS) is 10.0. The van der Waals surface area contributed by atoms with Crippen molar-refractivity contribution in [1.29, 1.82) is 10.8 Å². The zero-order valence-electron chi connectivity index (χ0n) is 19.0. The first kappa shape index (κ1) is 31.2.